The molecule has 0 amide bonds. The van der Waals surface area contributed by atoms with Gasteiger partial charge in [0, 0.05) is 41.7 Å². The number of thiol groups is 1. The number of aromatic nitrogens is 1. The van der Waals surface area contributed by atoms with Gasteiger partial charge in [0.2, 0.25) is 5.03 Å². The second-order valence-corrected chi connectivity index (χ2v) is 1.84. The Kier molecular flexibility index (Phi) is 4.31. The molecule has 0 aromatic carbocycles. The molecular formula is C5H5NNaOS. The summed E-state index contributed by atoms with van der Waals surface area (Å²) in [6.45, 7) is 0. The molecule has 0 atom stereocenters. The van der Waals surface area contributed by atoms with Gasteiger partial charge in [-0.25, -0.2) is 0 Å². The first kappa shape index (κ1) is 9.30. The first-order valence-electron chi connectivity index (χ1n) is 2.18. The van der Waals surface area contributed by atoms with Crippen molar-refractivity contribution in [2.75, 3.05) is 0 Å². The predicted molar refractivity (Wildman–Crippen MR) is 38.4 cm³/mol. The molecule has 1 aromatic heterocycles. The third kappa shape index (κ3) is 2.58. The number of hydrogen-bond acceptors (Lipinski definition) is 2. The van der Waals surface area contributed by atoms with E-state index in [9.17, 15) is 5.21 Å². The summed E-state index contributed by atoms with van der Waals surface area (Å²) in [4.78, 5) is 0. The van der Waals surface area contributed by atoms with Crippen LogP contribution in [0.1, 0.15) is 0 Å². The summed E-state index contributed by atoms with van der Waals surface area (Å²) < 4.78 is 0.698. The van der Waals surface area contributed by atoms with Gasteiger partial charge >= 0.3 is 0 Å². The van der Waals surface area contributed by atoms with Gasteiger partial charge in [-0.05, 0) is 6.07 Å². The van der Waals surface area contributed by atoms with E-state index in [2.05, 4.69) is 12.6 Å². The Labute approximate surface area is 81.2 Å². The third-order valence-corrected chi connectivity index (χ3v) is 1.15. The first-order chi connectivity index (χ1) is 3.80. The normalized spacial score (nSPS) is 8.11. The van der Waals surface area contributed by atoms with E-state index >= 15 is 0 Å². The molecule has 0 saturated heterocycles. The van der Waals surface area contributed by atoms with Gasteiger partial charge < -0.3 is 5.21 Å². The minimum absolute atomic E-state index is 0. The molecule has 0 aliphatic rings. The first-order valence-corrected chi connectivity index (χ1v) is 2.62. The van der Waals surface area contributed by atoms with Crippen LogP contribution in [0, 0.1) is 5.21 Å². The van der Waals surface area contributed by atoms with Gasteiger partial charge in [-0.15, -0.1) is 0 Å². The molecule has 9 heavy (non-hydrogen) atoms. The molecule has 1 heterocycles. The van der Waals surface area contributed by atoms with Crippen LogP contribution in [0.3, 0.4) is 0 Å². The van der Waals surface area contributed by atoms with Crippen molar-refractivity contribution in [2.45, 2.75) is 5.03 Å². The zero-order valence-corrected chi connectivity index (χ0v) is 8.01. The zero-order chi connectivity index (χ0) is 5.98. The largest absolute Gasteiger partial charge is 0.618 e. The molecule has 1 aromatic rings. The van der Waals surface area contributed by atoms with E-state index in [4.69, 9.17) is 0 Å². The fraction of sp³-hybridized carbons (Fsp3) is 0. The van der Waals surface area contributed by atoms with Gasteiger partial charge in [-0.2, -0.15) is 4.73 Å². The standard InChI is InChI=1S/C5H5NOS.Na/c7-6-4-2-1-3-5(6)8;/h1-4,8H;. The molecule has 2 nitrogen and oxygen atoms in total. The Morgan fingerprint density at radius 2 is 2.11 bits per heavy atom. The van der Waals surface area contributed by atoms with E-state index in [0.29, 0.717) is 9.76 Å². The molecule has 0 aliphatic heterocycles. The van der Waals surface area contributed by atoms with Crippen molar-refractivity contribution >= 4 is 42.2 Å². The van der Waals surface area contributed by atoms with Crippen LogP contribution in [0.5, 0.6) is 0 Å². The van der Waals surface area contributed by atoms with E-state index in [1.54, 1.807) is 18.2 Å². The van der Waals surface area contributed by atoms with E-state index < -0.39 is 0 Å². The topological polar surface area (TPSA) is 26.9 Å². The van der Waals surface area contributed by atoms with Crippen LogP contribution < -0.4 is 4.73 Å². The fourth-order valence-electron chi connectivity index (χ4n) is 0.419. The van der Waals surface area contributed by atoms with E-state index in [1.807, 2.05) is 0 Å². The van der Waals surface area contributed by atoms with Crippen LogP contribution in [0.15, 0.2) is 29.4 Å². The maximum Gasteiger partial charge on any atom is 0.248 e. The van der Waals surface area contributed by atoms with Crippen molar-refractivity contribution < 1.29 is 4.73 Å². The van der Waals surface area contributed by atoms with Crippen LogP contribution in [0.2, 0.25) is 0 Å². The van der Waals surface area contributed by atoms with Crippen molar-refractivity contribution in [1.82, 2.24) is 0 Å². The fourth-order valence-corrected chi connectivity index (χ4v) is 0.572. The molecule has 0 fully saturated rings. The van der Waals surface area contributed by atoms with Gasteiger partial charge in [0.1, 0.15) is 0 Å². The summed E-state index contributed by atoms with van der Waals surface area (Å²) in [7, 11) is 0. The monoisotopic (exact) mass is 150 g/mol. The number of hydrogen-bond donors (Lipinski definition) is 1. The second kappa shape index (κ2) is 4.17. The number of pyridine rings is 1. The van der Waals surface area contributed by atoms with Crippen molar-refractivity contribution in [3.63, 3.8) is 0 Å². The maximum absolute atomic E-state index is 10.5. The van der Waals surface area contributed by atoms with Crippen LogP contribution in [-0.2, 0) is 0 Å². The number of nitrogens with zero attached hydrogens (tertiary/aromatic N) is 1. The van der Waals surface area contributed by atoms with Crippen LogP contribution in [0.25, 0.3) is 0 Å². The number of rotatable bonds is 0. The SMILES string of the molecule is [Na].[O-][n+]1ccccc1S. The van der Waals surface area contributed by atoms with Gasteiger partial charge in [0.05, 0.1) is 0 Å². The summed E-state index contributed by atoms with van der Waals surface area (Å²) in [6.07, 6.45) is 1.41. The molecule has 0 unspecified atom stereocenters. The summed E-state index contributed by atoms with van der Waals surface area (Å²) in [6, 6.07) is 5.06. The Morgan fingerprint density at radius 1 is 1.44 bits per heavy atom. The van der Waals surface area contributed by atoms with Crippen LogP contribution >= 0.6 is 12.6 Å². The van der Waals surface area contributed by atoms with Crippen LogP contribution in [-0.4, -0.2) is 29.6 Å². The van der Waals surface area contributed by atoms with E-state index in [0.717, 1.165) is 0 Å². The van der Waals surface area contributed by atoms with Crippen molar-refractivity contribution in [2.24, 2.45) is 0 Å². The van der Waals surface area contributed by atoms with Crippen molar-refractivity contribution in [3.8, 4) is 0 Å². The zero-order valence-electron chi connectivity index (χ0n) is 5.11. The third-order valence-electron chi connectivity index (χ3n) is 0.804. The summed E-state index contributed by atoms with van der Waals surface area (Å²) in [5.74, 6) is 0. The molecule has 0 aliphatic carbocycles. The summed E-state index contributed by atoms with van der Waals surface area (Å²) in [5.41, 5.74) is 0. The van der Waals surface area contributed by atoms with Crippen LogP contribution in [0.4, 0.5) is 0 Å². The Morgan fingerprint density at radius 3 is 2.44 bits per heavy atom. The smallest absolute Gasteiger partial charge is 0.248 e. The second-order valence-electron chi connectivity index (χ2n) is 1.38. The van der Waals surface area contributed by atoms with Gasteiger partial charge in [-0.3, -0.25) is 0 Å². The van der Waals surface area contributed by atoms with E-state index in [1.165, 1.54) is 6.20 Å². The molecule has 4 heteroatoms. The van der Waals surface area contributed by atoms with Gasteiger partial charge in [0.15, 0.2) is 6.20 Å². The average Bonchev–Trinajstić information content (AvgIpc) is 1.77. The summed E-state index contributed by atoms with van der Waals surface area (Å²) in [5, 5.41) is 10.9. The average molecular weight is 150 g/mol. The van der Waals surface area contributed by atoms with Crippen molar-refractivity contribution in [1.29, 1.82) is 0 Å². The minimum atomic E-state index is 0. The molecule has 1 radical (unpaired) electrons. The molecule has 0 spiro atoms. The predicted octanol–water partition coefficient (Wildman–Crippen LogP) is 0.228. The maximum atomic E-state index is 10.5. The van der Waals surface area contributed by atoms with E-state index in [-0.39, 0.29) is 29.6 Å². The molecule has 0 bridgehead atoms. The van der Waals surface area contributed by atoms with Gasteiger partial charge in [0.25, 0.3) is 0 Å². The Balaban J connectivity index is 0.000000640. The Bertz CT molecular complexity index is 173. The molecular weight excluding hydrogens is 145 g/mol. The quantitative estimate of drug-likeness (QED) is 0.244. The molecule has 0 N–H and O–H groups in total. The summed E-state index contributed by atoms with van der Waals surface area (Å²) >= 11 is 3.85. The van der Waals surface area contributed by atoms with Crippen molar-refractivity contribution in [3.05, 3.63) is 29.6 Å². The molecule has 0 saturated carbocycles. The minimum Gasteiger partial charge on any atom is -0.618 e. The molecule has 43 valence electrons. The Hall–Kier alpha value is 0.300. The molecule has 1 rings (SSSR count). The van der Waals surface area contributed by atoms with Gasteiger partial charge in [-0.1, -0.05) is 12.6 Å².